The molecule has 0 bridgehead atoms. The molecular weight excluding hydrogens is 186 g/mol. The lowest BCUT2D eigenvalue weighted by atomic mass is 9.99. The topological polar surface area (TPSA) is 25.5 Å². The second-order valence-electron chi connectivity index (χ2n) is 4.16. The molecular formula is C13H17NO. The molecule has 0 saturated heterocycles. The summed E-state index contributed by atoms with van der Waals surface area (Å²) in [5, 5.41) is 0. The zero-order valence-corrected chi connectivity index (χ0v) is 9.79. The van der Waals surface area contributed by atoms with Crippen LogP contribution in [0.2, 0.25) is 0 Å². The molecule has 1 aromatic rings. The van der Waals surface area contributed by atoms with Gasteiger partial charge in [-0.1, -0.05) is 13.0 Å². The molecule has 1 atom stereocenters. The number of aryl methyl sites for hydroxylation is 1. The number of rotatable bonds is 0. The van der Waals surface area contributed by atoms with Crippen LogP contribution < -0.4 is 0 Å². The summed E-state index contributed by atoms with van der Waals surface area (Å²) in [5.74, 6) is 2.35. The molecule has 1 aromatic heterocycles. The predicted octanol–water partition coefficient (Wildman–Crippen LogP) is 3.57. The highest BCUT2D eigenvalue weighted by molar-refractivity contribution is 5.95. The Morgan fingerprint density at radius 2 is 2.13 bits per heavy atom. The number of aliphatic imine (C=N–C) groups is 1. The lowest BCUT2D eigenvalue weighted by Crippen LogP contribution is -2.07. The van der Waals surface area contributed by atoms with Gasteiger partial charge in [0.2, 0.25) is 0 Å². The Labute approximate surface area is 90.7 Å². The molecule has 0 fully saturated rings. The zero-order chi connectivity index (χ0) is 11.0. The van der Waals surface area contributed by atoms with Gasteiger partial charge in [-0.15, -0.1) is 0 Å². The van der Waals surface area contributed by atoms with Crippen molar-refractivity contribution < 1.29 is 4.42 Å². The first-order valence-corrected chi connectivity index (χ1v) is 5.36. The van der Waals surface area contributed by atoms with Crippen LogP contribution in [-0.2, 0) is 0 Å². The predicted molar refractivity (Wildman–Crippen MR) is 63.5 cm³/mol. The SMILES string of the molecule is CN=C1CC=C(C)c2cc(C)oc2C1C. The Kier molecular flexibility index (Phi) is 2.51. The van der Waals surface area contributed by atoms with Crippen molar-refractivity contribution in [1.29, 1.82) is 0 Å². The van der Waals surface area contributed by atoms with Gasteiger partial charge >= 0.3 is 0 Å². The average molecular weight is 203 g/mol. The van der Waals surface area contributed by atoms with E-state index in [0.717, 1.165) is 17.9 Å². The van der Waals surface area contributed by atoms with Crippen molar-refractivity contribution in [3.8, 4) is 0 Å². The summed E-state index contributed by atoms with van der Waals surface area (Å²) >= 11 is 0. The third-order valence-electron chi connectivity index (χ3n) is 3.11. The largest absolute Gasteiger partial charge is 0.465 e. The third kappa shape index (κ3) is 1.65. The number of hydrogen-bond donors (Lipinski definition) is 0. The van der Waals surface area contributed by atoms with Crippen LogP contribution in [0.15, 0.2) is 21.6 Å². The molecule has 0 saturated carbocycles. The van der Waals surface area contributed by atoms with Crippen molar-refractivity contribution in [1.82, 2.24) is 0 Å². The minimum Gasteiger partial charge on any atom is -0.465 e. The molecule has 1 heterocycles. The fourth-order valence-corrected chi connectivity index (χ4v) is 2.14. The van der Waals surface area contributed by atoms with Gasteiger partial charge in [0.05, 0.1) is 5.92 Å². The van der Waals surface area contributed by atoms with Crippen LogP contribution in [0.1, 0.15) is 43.3 Å². The van der Waals surface area contributed by atoms with Crippen LogP contribution in [0.4, 0.5) is 0 Å². The van der Waals surface area contributed by atoms with E-state index in [-0.39, 0.29) is 0 Å². The second kappa shape index (κ2) is 3.69. The van der Waals surface area contributed by atoms with Crippen LogP contribution in [0.25, 0.3) is 5.57 Å². The Morgan fingerprint density at radius 3 is 2.80 bits per heavy atom. The molecule has 2 nitrogen and oxygen atoms in total. The Morgan fingerprint density at radius 1 is 1.40 bits per heavy atom. The summed E-state index contributed by atoms with van der Waals surface area (Å²) in [6.45, 7) is 6.30. The minimum absolute atomic E-state index is 0.299. The lowest BCUT2D eigenvalue weighted by molar-refractivity contribution is 0.479. The van der Waals surface area contributed by atoms with E-state index in [9.17, 15) is 0 Å². The van der Waals surface area contributed by atoms with Gasteiger partial charge in [0.25, 0.3) is 0 Å². The van der Waals surface area contributed by atoms with Gasteiger partial charge in [0.15, 0.2) is 0 Å². The average Bonchev–Trinajstić information content (AvgIpc) is 2.56. The van der Waals surface area contributed by atoms with Gasteiger partial charge in [0.1, 0.15) is 11.5 Å². The third-order valence-corrected chi connectivity index (χ3v) is 3.11. The van der Waals surface area contributed by atoms with Crippen molar-refractivity contribution >= 4 is 11.3 Å². The van der Waals surface area contributed by atoms with Crippen LogP contribution in [-0.4, -0.2) is 12.8 Å². The summed E-state index contributed by atoms with van der Waals surface area (Å²) in [6, 6.07) is 2.12. The van der Waals surface area contributed by atoms with E-state index < -0.39 is 0 Å². The first-order chi connectivity index (χ1) is 7.13. The van der Waals surface area contributed by atoms with Crippen molar-refractivity contribution in [2.45, 2.75) is 33.1 Å². The van der Waals surface area contributed by atoms with E-state index in [1.165, 1.54) is 16.8 Å². The Balaban J connectivity index is 2.59. The first-order valence-electron chi connectivity index (χ1n) is 5.36. The van der Waals surface area contributed by atoms with Gasteiger partial charge in [-0.3, -0.25) is 4.99 Å². The smallest absolute Gasteiger partial charge is 0.120 e. The minimum atomic E-state index is 0.299. The van der Waals surface area contributed by atoms with Gasteiger partial charge in [0, 0.05) is 24.7 Å². The van der Waals surface area contributed by atoms with Gasteiger partial charge < -0.3 is 4.42 Å². The number of fused-ring (bicyclic) bond motifs is 1. The van der Waals surface area contributed by atoms with E-state index in [4.69, 9.17) is 4.42 Å². The number of nitrogens with zero attached hydrogens (tertiary/aromatic N) is 1. The van der Waals surface area contributed by atoms with Gasteiger partial charge in [-0.2, -0.15) is 0 Å². The number of furan rings is 1. The lowest BCUT2D eigenvalue weighted by Gasteiger charge is -2.09. The number of hydrogen-bond acceptors (Lipinski definition) is 2. The highest BCUT2D eigenvalue weighted by atomic mass is 16.3. The number of allylic oxidation sites excluding steroid dienone is 2. The highest BCUT2D eigenvalue weighted by Crippen LogP contribution is 2.33. The highest BCUT2D eigenvalue weighted by Gasteiger charge is 2.23. The maximum Gasteiger partial charge on any atom is 0.120 e. The molecule has 0 amide bonds. The molecule has 0 spiro atoms. The summed E-state index contributed by atoms with van der Waals surface area (Å²) < 4.78 is 5.78. The second-order valence-corrected chi connectivity index (χ2v) is 4.16. The molecule has 1 unspecified atom stereocenters. The Bertz CT molecular complexity index is 437. The van der Waals surface area contributed by atoms with Crippen molar-refractivity contribution in [3.63, 3.8) is 0 Å². The molecule has 80 valence electrons. The summed E-state index contributed by atoms with van der Waals surface area (Å²) in [5.41, 5.74) is 3.74. The summed E-state index contributed by atoms with van der Waals surface area (Å²) in [7, 11) is 1.86. The maximum absolute atomic E-state index is 5.78. The summed E-state index contributed by atoms with van der Waals surface area (Å²) in [6.07, 6.45) is 3.17. The van der Waals surface area contributed by atoms with Crippen LogP contribution >= 0.6 is 0 Å². The molecule has 15 heavy (non-hydrogen) atoms. The fraction of sp³-hybridized carbons (Fsp3) is 0.462. The molecule has 0 N–H and O–H groups in total. The normalized spacial score (nSPS) is 23.6. The first kappa shape index (κ1) is 10.2. The van der Waals surface area contributed by atoms with Crippen molar-refractivity contribution in [2.24, 2.45) is 4.99 Å². The van der Waals surface area contributed by atoms with Crippen LogP contribution in [0.3, 0.4) is 0 Å². The molecule has 0 aliphatic heterocycles. The summed E-state index contributed by atoms with van der Waals surface area (Å²) in [4.78, 5) is 4.34. The van der Waals surface area contributed by atoms with Crippen molar-refractivity contribution in [3.05, 3.63) is 29.2 Å². The maximum atomic E-state index is 5.78. The van der Waals surface area contributed by atoms with E-state index >= 15 is 0 Å². The molecule has 0 radical (unpaired) electrons. The van der Waals surface area contributed by atoms with Gasteiger partial charge in [-0.05, 0) is 25.5 Å². The van der Waals surface area contributed by atoms with E-state index in [0.29, 0.717) is 5.92 Å². The molecule has 2 rings (SSSR count). The molecule has 2 heteroatoms. The molecule has 1 aliphatic carbocycles. The Hall–Kier alpha value is -1.31. The quantitative estimate of drug-likeness (QED) is 0.633. The zero-order valence-electron chi connectivity index (χ0n) is 9.79. The van der Waals surface area contributed by atoms with Crippen molar-refractivity contribution in [2.75, 3.05) is 7.05 Å². The van der Waals surface area contributed by atoms with E-state index in [1.807, 2.05) is 14.0 Å². The van der Waals surface area contributed by atoms with Gasteiger partial charge in [-0.25, -0.2) is 0 Å². The van der Waals surface area contributed by atoms with Crippen LogP contribution in [0.5, 0.6) is 0 Å². The van der Waals surface area contributed by atoms with Crippen LogP contribution in [0, 0.1) is 6.92 Å². The molecule has 1 aliphatic rings. The fourth-order valence-electron chi connectivity index (χ4n) is 2.14. The monoisotopic (exact) mass is 203 g/mol. The van der Waals surface area contributed by atoms with E-state index in [1.54, 1.807) is 0 Å². The molecule has 0 aromatic carbocycles. The standard InChI is InChI=1S/C13H17NO/c1-8-5-6-12(14-4)10(3)13-11(8)7-9(2)15-13/h5,7,10H,6H2,1-4H3. The van der Waals surface area contributed by atoms with E-state index in [2.05, 4.69) is 31.0 Å².